The largest absolute Gasteiger partial charge is 0.505 e. The van der Waals surface area contributed by atoms with E-state index in [0.29, 0.717) is 18.7 Å². The van der Waals surface area contributed by atoms with Crippen LogP contribution in [0.4, 0.5) is 4.39 Å². The van der Waals surface area contributed by atoms with Crippen molar-refractivity contribution in [2.45, 2.75) is 13.1 Å². The predicted molar refractivity (Wildman–Crippen MR) is 104 cm³/mol. The molecule has 1 aliphatic heterocycles. The number of carbonyl (C=O) groups excluding carboxylic acids is 2. The van der Waals surface area contributed by atoms with Gasteiger partial charge in [-0.25, -0.2) is 4.39 Å². The molecule has 1 aromatic carbocycles. The first-order valence-corrected chi connectivity index (χ1v) is 9.06. The number of fused-ring (bicyclic) bond motifs is 3. The smallest absolute Gasteiger partial charge is 0.274 e. The molecule has 3 N–H and O–H groups in total. The van der Waals surface area contributed by atoms with E-state index in [1.54, 1.807) is 7.05 Å². The van der Waals surface area contributed by atoms with Gasteiger partial charge in [0.25, 0.3) is 17.4 Å². The normalized spacial score (nSPS) is 13.8. The van der Waals surface area contributed by atoms with E-state index >= 15 is 0 Å². The number of halogens is 2. The minimum atomic E-state index is -0.812. The highest BCUT2D eigenvalue weighted by molar-refractivity contribution is 6.30. The first-order chi connectivity index (χ1) is 13.7. The Morgan fingerprint density at radius 3 is 2.69 bits per heavy atom. The third kappa shape index (κ3) is 2.85. The molecule has 0 aliphatic carbocycles. The second-order valence-electron chi connectivity index (χ2n) is 6.89. The molecular weight excluding hydrogens is 403 g/mol. The van der Waals surface area contributed by atoms with Crippen molar-refractivity contribution >= 4 is 34.3 Å². The quantitative estimate of drug-likeness (QED) is 0.672. The van der Waals surface area contributed by atoms with Crippen LogP contribution >= 0.6 is 11.6 Å². The monoisotopic (exact) mass is 418 g/mol. The fraction of sp³-hybridized carbons (Fsp3) is 0.211. The van der Waals surface area contributed by atoms with Crippen molar-refractivity contribution in [1.82, 2.24) is 14.0 Å². The zero-order valence-corrected chi connectivity index (χ0v) is 16.0. The highest BCUT2D eigenvalue weighted by atomic mass is 35.5. The number of aromatic hydroxyl groups is 1. The van der Waals surface area contributed by atoms with Gasteiger partial charge in [-0.2, -0.15) is 0 Å². The third-order valence-electron chi connectivity index (χ3n) is 5.06. The molecule has 10 heteroatoms. The molecule has 4 rings (SSSR count). The molecule has 0 saturated carbocycles. The molecule has 29 heavy (non-hydrogen) atoms. The van der Waals surface area contributed by atoms with Crippen molar-refractivity contribution < 1.29 is 19.1 Å². The van der Waals surface area contributed by atoms with E-state index in [4.69, 9.17) is 17.3 Å². The van der Waals surface area contributed by atoms with E-state index in [9.17, 15) is 23.9 Å². The van der Waals surface area contributed by atoms with Crippen molar-refractivity contribution in [3.05, 3.63) is 62.4 Å². The molecule has 8 nitrogen and oxygen atoms in total. The van der Waals surface area contributed by atoms with Crippen LogP contribution in [0.1, 0.15) is 26.4 Å². The molecular formula is C19H16ClFN4O4. The van der Waals surface area contributed by atoms with Gasteiger partial charge in [0, 0.05) is 26.3 Å². The van der Waals surface area contributed by atoms with Crippen LogP contribution in [0.15, 0.2) is 29.2 Å². The average molecular weight is 419 g/mol. The van der Waals surface area contributed by atoms with Crippen molar-refractivity contribution in [3.8, 4) is 5.75 Å². The predicted octanol–water partition coefficient (Wildman–Crippen LogP) is 1.53. The lowest BCUT2D eigenvalue weighted by molar-refractivity contribution is 0.0746. The Morgan fingerprint density at radius 2 is 2.03 bits per heavy atom. The number of nitrogens with two attached hydrogens (primary N) is 1. The number of benzene rings is 1. The first-order valence-electron chi connectivity index (χ1n) is 8.68. The molecule has 0 spiro atoms. The van der Waals surface area contributed by atoms with Crippen LogP contribution in [0, 0.1) is 5.82 Å². The lowest BCUT2D eigenvalue weighted by Gasteiger charge is -2.25. The Balaban J connectivity index is 1.99. The number of nitrogens with zero attached hydrogens (tertiary/aromatic N) is 3. The molecule has 0 unspecified atom stereocenters. The lowest BCUT2D eigenvalue weighted by atomic mass is 10.1. The van der Waals surface area contributed by atoms with E-state index in [1.807, 2.05) is 0 Å². The molecule has 0 saturated heterocycles. The molecule has 1 aliphatic rings. The number of likely N-dealkylation sites (N-methyl/N-ethyl adjacent to an activating group) is 1. The minimum Gasteiger partial charge on any atom is -0.505 e. The summed E-state index contributed by atoms with van der Waals surface area (Å²) in [5, 5.41) is 10.4. The number of hydrogen-bond donors (Lipinski definition) is 2. The van der Waals surface area contributed by atoms with E-state index in [-0.39, 0.29) is 33.7 Å². The standard InChI is InChI=1S/C19H16ClFN4O4/c1-23-4-5-25-14-10(17(22)27)8-24(7-9-2-3-12(21)11(20)6-9)18(28)13(14)16(26)15(25)19(23)29/h2-3,6,8,26H,4-5,7H2,1H3,(H2,22,27). The van der Waals surface area contributed by atoms with E-state index in [2.05, 4.69) is 0 Å². The highest BCUT2D eigenvalue weighted by Crippen LogP contribution is 2.34. The van der Waals surface area contributed by atoms with E-state index in [1.165, 1.54) is 38.4 Å². The molecule has 2 amide bonds. The third-order valence-corrected chi connectivity index (χ3v) is 5.35. The summed E-state index contributed by atoms with van der Waals surface area (Å²) in [5.41, 5.74) is 5.48. The van der Waals surface area contributed by atoms with Gasteiger partial charge in [-0.3, -0.25) is 14.4 Å². The maximum Gasteiger partial charge on any atom is 0.274 e. The lowest BCUT2D eigenvalue weighted by Crippen LogP contribution is -2.37. The highest BCUT2D eigenvalue weighted by Gasteiger charge is 2.32. The fourth-order valence-corrected chi connectivity index (χ4v) is 3.82. The number of carbonyl (C=O) groups is 2. The summed E-state index contributed by atoms with van der Waals surface area (Å²) in [5.74, 6) is -2.36. The van der Waals surface area contributed by atoms with Gasteiger partial charge in [0.1, 0.15) is 11.2 Å². The van der Waals surface area contributed by atoms with Gasteiger partial charge < -0.3 is 24.9 Å². The fourth-order valence-electron chi connectivity index (χ4n) is 3.61. The summed E-state index contributed by atoms with van der Waals surface area (Å²) in [6, 6.07) is 3.98. The number of pyridine rings is 1. The minimum absolute atomic E-state index is 0.00767. The maximum absolute atomic E-state index is 13.4. The van der Waals surface area contributed by atoms with Gasteiger partial charge in [-0.15, -0.1) is 0 Å². The van der Waals surface area contributed by atoms with Crippen molar-refractivity contribution in [2.75, 3.05) is 13.6 Å². The Labute approximate surface area is 168 Å². The summed E-state index contributed by atoms with van der Waals surface area (Å²) in [6.07, 6.45) is 1.28. The van der Waals surface area contributed by atoms with Crippen LogP contribution in [0.2, 0.25) is 5.02 Å². The van der Waals surface area contributed by atoms with Gasteiger partial charge in [0.05, 0.1) is 22.6 Å². The average Bonchev–Trinajstić information content (AvgIpc) is 2.97. The Morgan fingerprint density at radius 1 is 1.31 bits per heavy atom. The van der Waals surface area contributed by atoms with Gasteiger partial charge >= 0.3 is 0 Å². The van der Waals surface area contributed by atoms with Gasteiger partial charge in [-0.1, -0.05) is 17.7 Å². The maximum atomic E-state index is 13.4. The number of rotatable bonds is 3. The summed E-state index contributed by atoms with van der Waals surface area (Å²) in [4.78, 5) is 39.1. The summed E-state index contributed by atoms with van der Waals surface area (Å²) in [6.45, 7) is 0.610. The number of aromatic nitrogens is 2. The number of hydrogen-bond acceptors (Lipinski definition) is 4. The van der Waals surface area contributed by atoms with Gasteiger partial charge in [0.2, 0.25) is 0 Å². The zero-order valence-electron chi connectivity index (χ0n) is 15.3. The van der Waals surface area contributed by atoms with Crippen molar-refractivity contribution in [3.63, 3.8) is 0 Å². The summed E-state index contributed by atoms with van der Waals surface area (Å²) >= 11 is 5.80. The van der Waals surface area contributed by atoms with Crippen LogP contribution in [0.3, 0.4) is 0 Å². The van der Waals surface area contributed by atoms with E-state index < -0.39 is 28.9 Å². The molecule has 3 heterocycles. The molecule has 0 fully saturated rings. The molecule has 0 bridgehead atoms. The molecule has 0 atom stereocenters. The van der Waals surface area contributed by atoms with Crippen LogP contribution in [-0.4, -0.2) is 44.5 Å². The van der Waals surface area contributed by atoms with Crippen LogP contribution in [0.5, 0.6) is 5.75 Å². The number of amides is 2. The van der Waals surface area contributed by atoms with Crippen LogP contribution in [0.25, 0.3) is 10.9 Å². The zero-order chi connectivity index (χ0) is 21.0. The topological polar surface area (TPSA) is 111 Å². The van der Waals surface area contributed by atoms with Crippen LogP contribution < -0.4 is 11.3 Å². The molecule has 0 radical (unpaired) electrons. The van der Waals surface area contributed by atoms with Crippen molar-refractivity contribution in [2.24, 2.45) is 5.73 Å². The SMILES string of the molecule is CN1CCn2c(c(O)c3c(=O)n(Cc4ccc(F)c(Cl)c4)cc(C(N)=O)c32)C1=O. The number of primary amides is 1. The Bertz CT molecular complexity index is 1260. The molecule has 3 aromatic rings. The second-order valence-corrected chi connectivity index (χ2v) is 7.29. The second kappa shape index (κ2) is 6.63. The van der Waals surface area contributed by atoms with Crippen LogP contribution in [-0.2, 0) is 13.1 Å². The molecule has 2 aromatic heterocycles. The Hall–Kier alpha value is -3.33. The molecule has 150 valence electrons. The van der Waals surface area contributed by atoms with Gasteiger partial charge in [-0.05, 0) is 17.7 Å². The van der Waals surface area contributed by atoms with Crippen molar-refractivity contribution in [1.29, 1.82) is 0 Å². The first kappa shape index (κ1) is 19.0. The van der Waals surface area contributed by atoms with E-state index in [0.717, 1.165) is 0 Å². The summed E-state index contributed by atoms with van der Waals surface area (Å²) < 4.78 is 16.0. The Kier molecular flexibility index (Phi) is 4.34. The van der Waals surface area contributed by atoms with Gasteiger partial charge in [0.15, 0.2) is 11.4 Å². The summed E-state index contributed by atoms with van der Waals surface area (Å²) in [7, 11) is 1.58.